The van der Waals surface area contributed by atoms with Crippen LogP contribution in [0, 0.1) is 5.41 Å². The number of anilines is 1. The second kappa shape index (κ2) is 4.10. The van der Waals surface area contributed by atoms with Crippen molar-refractivity contribution in [2.24, 2.45) is 11.1 Å². The van der Waals surface area contributed by atoms with Gasteiger partial charge >= 0.3 is 0 Å². The van der Waals surface area contributed by atoms with Crippen molar-refractivity contribution in [1.29, 1.82) is 0 Å². The molecule has 0 unspecified atom stereocenters. The Morgan fingerprint density at radius 2 is 2.33 bits per heavy atom. The summed E-state index contributed by atoms with van der Waals surface area (Å²) < 4.78 is 5.21. The van der Waals surface area contributed by atoms with E-state index in [0.717, 1.165) is 30.5 Å². The van der Waals surface area contributed by atoms with Crippen molar-refractivity contribution in [3.63, 3.8) is 0 Å². The fourth-order valence-corrected chi connectivity index (χ4v) is 2.32. The van der Waals surface area contributed by atoms with E-state index in [9.17, 15) is 4.79 Å². The minimum absolute atomic E-state index is 0.00937. The number of hydrogen-bond donors (Lipinski definition) is 2. The fourth-order valence-electron chi connectivity index (χ4n) is 2.32. The van der Waals surface area contributed by atoms with Crippen LogP contribution in [0.1, 0.15) is 19.3 Å². The van der Waals surface area contributed by atoms with Gasteiger partial charge < -0.3 is 15.5 Å². The minimum atomic E-state index is -0.365. The van der Waals surface area contributed by atoms with Crippen molar-refractivity contribution >= 4 is 22.7 Å². The van der Waals surface area contributed by atoms with Crippen LogP contribution in [0.5, 0.6) is 0 Å². The Kier molecular flexibility index (Phi) is 2.56. The average molecular weight is 245 g/mol. The molecule has 94 valence electrons. The number of aromatic nitrogens is 1. The molecular formula is C13H15N3O2. The normalized spacial score (nSPS) is 17.4. The third-order valence-corrected chi connectivity index (χ3v) is 3.77. The van der Waals surface area contributed by atoms with Gasteiger partial charge in [-0.25, -0.2) is 4.98 Å². The number of nitrogens with one attached hydrogen (secondary N) is 1. The highest BCUT2D eigenvalue weighted by Crippen LogP contribution is 2.40. The van der Waals surface area contributed by atoms with Gasteiger partial charge in [0, 0.05) is 18.3 Å². The highest BCUT2D eigenvalue weighted by Gasteiger charge is 2.42. The van der Waals surface area contributed by atoms with E-state index >= 15 is 0 Å². The quantitative estimate of drug-likeness (QED) is 0.865. The first-order chi connectivity index (χ1) is 8.73. The lowest BCUT2D eigenvalue weighted by Gasteiger charge is -2.39. The van der Waals surface area contributed by atoms with E-state index < -0.39 is 0 Å². The van der Waals surface area contributed by atoms with Gasteiger partial charge in [0.15, 0.2) is 12.0 Å². The summed E-state index contributed by atoms with van der Waals surface area (Å²) in [4.78, 5) is 16.2. The van der Waals surface area contributed by atoms with Gasteiger partial charge in [-0.15, -0.1) is 0 Å². The van der Waals surface area contributed by atoms with E-state index in [-0.39, 0.29) is 11.3 Å². The molecule has 5 nitrogen and oxygen atoms in total. The van der Waals surface area contributed by atoms with Gasteiger partial charge in [0.25, 0.3) is 0 Å². The molecule has 0 radical (unpaired) electrons. The maximum atomic E-state index is 12.2. The zero-order chi connectivity index (χ0) is 12.6. The molecule has 0 bridgehead atoms. The number of amides is 1. The molecule has 3 N–H and O–H groups in total. The van der Waals surface area contributed by atoms with Crippen LogP contribution < -0.4 is 11.1 Å². The monoisotopic (exact) mass is 245 g/mol. The van der Waals surface area contributed by atoms with E-state index in [1.54, 1.807) is 6.07 Å². The van der Waals surface area contributed by atoms with Crippen molar-refractivity contribution in [3.05, 3.63) is 24.6 Å². The van der Waals surface area contributed by atoms with Crippen molar-refractivity contribution < 1.29 is 9.21 Å². The van der Waals surface area contributed by atoms with Crippen LogP contribution in [-0.4, -0.2) is 17.4 Å². The smallest absolute Gasteiger partial charge is 0.231 e. The highest BCUT2D eigenvalue weighted by molar-refractivity contribution is 5.97. The first kappa shape index (κ1) is 11.2. The van der Waals surface area contributed by atoms with Crippen molar-refractivity contribution in [2.75, 3.05) is 11.9 Å². The molecule has 1 aliphatic carbocycles. The number of nitrogens with two attached hydrogens (primary N) is 1. The lowest BCUT2D eigenvalue weighted by molar-refractivity contribution is -0.129. The maximum absolute atomic E-state index is 12.2. The summed E-state index contributed by atoms with van der Waals surface area (Å²) in [6, 6.07) is 5.43. The summed E-state index contributed by atoms with van der Waals surface area (Å²) in [5, 5.41) is 2.91. The largest absolute Gasteiger partial charge is 0.443 e. The van der Waals surface area contributed by atoms with Crippen LogP contribution >= 0.6 is 0 Å². The van der Waals surface area contributed by atoms with E-state index in [0.29, 0.717) is 12.1 Å². The Morgan fingerprint density at radius 1 is 1.50 bits per heavy atom. The van der Waals surface area contributed by atoms with Crippen molar-refractivity contribution in [2.45, 2.75) is 19.3 Å². The Bertz CT molecular complexity index is 581. The number of oxazole rings is 1. The Balaban J connectivity index is 1.81. The number of nitrogens with zero attached hydrogens (tertiary/aromatic N) is 1. The molecule has 1 fully saturated rings. The number of carbonyl (C=O) groups is 1. The number of fused-ring (bicyclic) bond motifs is 1. The second-order valence-electron chi connectivity index (χ2n) is 4.83. The molecule has 1 aromatic carbocycles. The van der Waals surface area contributed by atoms with Gasteiger partial charge in [-0.2, -0.15) is 0 Å². The van der Waals surface area contributed by atoms with Crippen LogP contribution in [0.2, 0.25) is 0 Å². The van der Waals surface area contributed by atoms with Gasteiger partial charge in [-0.1, -0.05) is 6.42 Å². The molecule has 0 spiro atoms. The zero-order valence-electron chi connectivity index (χ0n) is 9.98. The summed E-state index contributed by atoms with van der Waals surface area (Å²) in [6.07, 6.45) is 4.22. The molecule has 1 aromatic heterocycles. The molecule has 5 heteroatoms. The van der Waals surface area contributed by atoms with E-state index in [4.69, 9.17) is 10.2 Å². The van der Waals surface area contributed by atoms with Crippen molar-refractivity contribution in [3.8, 4) is 0 Å². The first-order valence-electron chi connectivity index (χ1n) is 6.08. The van der Waals surface area contributed by atoms with Gasteiger partial charge in [0.05, 0.1) is 5.41 Å². The van der Waals surface area contributed by atoms with Crippen LogP contribution in [0.25, 0.3) is 11.1 Å². The summed E-state index contributed by atoms with van der Waals surface area (Å²) >= 11 is 0. The predicted molar refractivity (Wildman–Crippen MR) is 68.0 cm³/mol. The molecule has 3 rings (SSSR count). The molecule has 0 saturated heterocycles. The van der Waals surface area contributed by atoms with Crippen LogP contribution in [0.4, 0.5) is 5.69 Å². The zero-order valence-corrected chi connectivity index (χ0v) is 9.98. The third kappa shape index (κ3) is 1.67. The Labute approximate surface area is 104 Å². The standard InChI is InChI=1S/C13H15N3O2/c14-7-13(4-1-5-13)12(17)16-9-2-3-10-11(6-9)18-8-15-10/h2-3,6,8H,1,4-5,7,14H2,(H,16,17). The predicted octanol–water partition coefficient (Wildman–Crippen LogP) is 1.90. The molecule has 1 heterocycles. The first-order valence-corrected chi connectivity index (χ1v) is 6.08. The van der Waals surface area contributed by atoms with Gasteiger partial charge in [-0.3, -0.25) is 4.79 Å². The summed E-state index contributed by atoms with van der Waals surface area (Å²) in [7, 11) is 0. The van der Waals surface area contributed by atoms with Crippen LogP contribution in [0.15, 0.2) is 29.0 Å². The SMILES string of the molecule is NCC1(C(=O)Nc2ccc3ncoc3c2)CCC1. The number of hydrogen-bond acceptors (Lipinski definition) is 4. The van der Waals surface area contributed by atoms with Crippen molar-refractivity contribution in [1.82, 2.24) is 4.98 Å². The lowest BCUT2D eigenvalue weighted by Crippen LogP contribution is -2.47. The minimum Gasteiger partial charge on any atom is -0.443 e. The summed E-state index contributed by atoms with van der Waals surface area (Å²) in [6.45, 7) is 0.406. The molecule has 2 aromatic rings. The van der Waals surface area contributed by atoms with Gasteiger partial charge in [0.1, 0.15) is 5.52 Å². The number of carbonyl (C=O) groups excluding carboxylic acids is 1. The Hall–Kier alpha value is -1.88. The highest BCUT2D eigenvalue weighted by atomic mass is 16.3. The summed E-state index contributed by atoms with van der Waals surface area (Å²) in [5.41, 5.74) is 7.52. The molecule has 0 aliphatic heterocycles. The maximum Gasteiger partial charge on any atom is 0.231 e. The summed E-state index contributed by atoms with van der Waals surface area (Å²) in [5.74, 6) is 0.00937. The second-order valence-corrected chi connectivity index (χ2v) is 4.83. The molecule has 18 heavy (non-hydrogen) atoms. The Morgan fingerprint density at radius 3 is 3.00 bits per heavy atom. The van der Waals surface area contributed by atoms with E-state index in [2.05, 4.69) is 10.3 Å². The number of rotatable bonds is 3. The van der Waals surface area contributed by atoms with E-state index in [1.807, 2.05) is 12.1 Å². The van der Waals surface area contributed by atoms with Gasteiger partial charge in [0.2, 0.25) is 5.91 Å². The average Bonchev–Trinajstić information content (AvgIpc) is 2.75. The van der Waals surface area contributed by atoms with Gasteiger partial charge in [-0.05, 0) is 25.0 Å². The molecule has 1 amide bonds. The van der Waals surface area contributed by atoms with Crippen LogP contribution in [-0.2, 0) is 4.79 Å². The van der Waals surface area contributed by atoms with E-state index in [1.165, 1.54) is 6.39 Å². The molecule has 0 atom stereocenters. The fraction of sp³-hybridized carbons (Fsp3) is 0.385. The topological polar surface area (TPSA) is 81.2 Å². The lowest BCUT2D eigenvalue weighted by atomic mass is 9.68. The molecular weight excluding hydrogens is 230 g/mol. The third-order valence-electron chi connectivity index (χ3n) is 3.77. The molecule has 1 aliphatic rings. The number of benzene rings is 1. The molecule has 1 saturated carbocycles. The van der Waals surface area contributed by atoms with Crippen LogP contribution in [0.3, 0.4) is 0 Å².